The predicted octanol–water partition coefficient (Wildman–Crippen LogP) is 6.81. The van der Waals surface area contributed by atoms with Crippen LogP contribution in [-0.2, 0) is 6.42 Å². The molecule has 1 aliphatic rings. The maximum Gasteiger partial charge on any atom is 0.269 e. The Labute approximate surface area is 180 Å². The van der Waals surface area contributed by atoms with Crippen LogP contribution in [0.5, 0.6) is 0 Å². The summed E-state index contributed by atoms with van der Waals surface area (Å²) in [6.07, 6.45) is 8.37. The van der Waals surface area contributed by atoms with Crippen LogP contribution >= 0.6 is 11.3 Å². The fourth-order valence-electron chi connectivity index (χ4n) is 4.15. The van der Waals surface area contributed by atoms with Gasteiger partial charge in [-0.1, -0.05) is 44.7 Å². The second-order valence-electron chi connectivity index (χ2n) is 7.85. The van der Waals surface area contributed by atoms with Crippen LogP contribution in [0.25, 0.3) is 11.3 Å². The molecule has 2 aromatic carbocycles. The lowest BCUT2D eigenvalue weighted by atomic mass is 10.1. The average molecular weight is 422 g/mol. The molecule has 5 nitrogen and oxygen atoms in total. The lowest BCUT2D eigenvalue weighted by molar-refractivity contribution is -0.384. The SMILES string of the molecule is CCc1ccc(N=c2scc(-c3ccc([N+](=O)[O-])cc3)n2C2CCCCCC2)cc1. The Hall–Kier alpha value is -2.73. The number of nitro benzene ring substituents is 1. The molecule has 1 aliphatic carbocycles. The quantitative estimate of drug-likeness (QED) is 0.258. The highest BCUT2D eigenvalue weighted by atomic mass is 32.1. The van der Waals surface area contributed by atoms with E-state index in [9.17, 15) is 10.1 Å². The fraction of sp³-hybridized carbons (Fsp3) is 0.375. The number of thiazole rings is 1. The largest absolute Gasteiger partial charge is 0.313 e. The summed E-state index contributed by atoms with van der Waals surface area (Å²) in [6, 6.07) is 15.7. The minimum Gasteiger partial charge on any atom is -0.313 e. The molecule has 0 unspecified atom stereocenters. The van der Waals surface area contributed by atoms with Crippen molar-refractivity contribution in [2.45, 2.75) is 57.9 Å². The van der Waals surface area contributed by atoms with Crippen LogP contribution in [0.1, 0.15) is 57.1 Å². The summed E-state index contributed by atoms with van der Waals surface area (Å²) in [4.78, 5) is 16.7. The average Bonchev–Trinajstić information content (AvgIpc) is 2.99. The van der Waals surface area contributed by atoms with Crippen molar-refractivity contribution >= 4 is 22.7 Å². The van der Waals surface area contributed by atoms with E-state index in [0.29, 0.717) is 6.04 Å². The third-order valence-corrected chi connectivity index (χ3v) is 6.71. The molecule has 0 amide bonds. The number of nitrogens with zero attached hydrogens (tertiary/aromatic N) is 3. The van der Waals surface area contributed by atoms with E-state index in [1.807, 2.05) is 12.1 Å². The summed E-state index contributed by atoms with van der Waals surface area (Å²) in [5.74, 6) is 0. The Kier molecular flexibility index (Phi) is 6.43. The monoisotopic (exact) mass is 421 g/mol. The first-order chi connectivity index (χ1) is 14.7. The van der Waals surface area contributed by atoms with Gasteiger partial charge in [-0.2, -0.15) is 0 Å². The molecule has 3 aromatic rings. The molecule has 0 atom stereocenters. The second kappa shape index (κ2) is 9.39. The maximum absolute atomic E-state index is 11.0. The van der Waals surface area contributed by atoms with E-state index in [0.717, 1.165) is 41.0 Å². The molecule has 0 N–H and O–H groups in total. The van der Waals surface area contributed by atoms with Gasteiger partial charge in [0.1, 0.15) is 0 Å². The molecule has 1 aromatic heterocycles. The van der Waals surface area contributed by atoms with Gasteiger partial charge in [0.15, 0.2) is 4.80 Å². The van der Waals surface area contributed by atoms with Crippen LogP contribution in [0.2, 0.25) is 0 Å². The minimum atomic E-state index is -0.350. The zero-order valence-electron chi connectivity index (χ0n) is 17.3. The highest BCUT2D eigenvalue weighted by Gasteiger charge is 2.20. The number of rotatable bonds is 5. The summed E-state index contributed by atoms with van der Waals surface area (Å²) in [5, 5.41) is 13.2. The van der Waals surface area contributed by atoms with E-state index < -0.39 is 0 Å². The lowest BCUT2D eigenvalue weighted by Crippen LogP contribution is -2.21. The molecule has 1 heterocycles. The molecule has 30 heavy (non-hydrogen) atoms. The first-order valence-corrected chi connectivity index (χ1v) is 11.6. The Balaban J connectivity index is 1.79. The van der Waals surface area contributed by atoms with Crippen molar-refractivity contribution in [2.24, 2.45) is 4.99 Å². The van der Waals surface area contributed by atoms with Crippen LogP contribution in [0.15, 0.2) is 58.9 Å². The molecule has 4 rings (SSSR count). The number of hydrogen-bond donors (Lipinski definition) is 0. The summed E-state index contributed by atoms with van der Waals surface area (Å²) in [5.41, 5.74) is 4.50. The number of hydrogen-bond acceptors (Lipinski definition) is 4. The summed E-state index contributed by atoms with van der Waals surface area (Å²) < 4.78 is 2.38. The third kappa shape index (κ3) is 4.54. The van der Waals surface area contributed by atoms with Crippen LogP contribution < -0.4 is 4.80 Å². The molecular weight excluding hydrogens is 394 g/mol. The fourth-order valence-corrected chi connectivity index (χ4v) is 5.14. The molecule has 0 bridgehead atoms. The van der Waals surface area contributed by atoms with E-state index in [1.54, 1.807) is 23.5 Å². The van der Waals surface area contributed by atoms with Gasteiger partial charge in [0.05, 0.1) is 16.3 Å². The van der Waals surface area contributed by atoms with Gasteiger partial charge in [-0.25, -0.2) is 4.99 Å². The summed E-state index contributed by atoms with van der Waals surface area (Å²) in [6.45, 7) is 2.15. The smallest absolute Gasteiger partial charge is 0.269 e. The highest BCUT2D eigenvalue weighted by molar-refractivity contribution is 7.07. The highest BCUT2D eigenvalue weighted by Crippen LogP contribution is 2.32. The molecule has 6 heteroatoms. The van der Waals surface area contributed by atoms with E-state index in [-0.39, 0.29) is 10.6 Å². The number of aromatic nitrogens is 1. The first-order valence-electron chi connectivity index (χ1n) is 10.7. The Morgan fingerprint density at radius 2 is 1.70 bits per heavy atom. The second-order valence-corrected chi connectivity index (χ2v) is 8.69. The van der Waals surface area contributed by atoms with Crippen LogP contribution in [0.4, 0.5) is 11.4 Å². The van der Waals surface area contributed by atoms with Crippen molar-refractivity contribution in [2.75, 3.05) is 0 Å². The third-order valence-electron chi connectivity index (χ3n) is 5.87. The maximum atomic E-state index is 11.0. The summed E-state index contributed by atoms with van der Waals surface area (Å²) in [7, 11) is 0. The number of aryl methyl sites for hydroxylation is 1. The zero-order chi connectivity index (χ0) is 20.9. The minimum absolute atomic E-state index is 0.121. The number of nitro groups is 1. The molecule has 156 valence electrons. The molecular formula is C24H27N3O2S. The molecule has 0 aliphatic heterocycles. The Bertz CT molecular complexity index is 1060. The van der Waals surface area contributed by atoms with Crippen molar-refractivity contribution in [3.8, 4) is 11.3 Å². The van der Waals surface area contributed by atoms with Gasteiger partial charge >= 0.3 is 0 Å². The number of non-ortho nitro benzene ring substituents is 1. The van der Waals surface area contributed by atoms with Crippen molar-refractivity contribution < 1.29 is 4.92 Å². The summed E-state index contributed by atoms with van der Waals surface area (Å²) >= 11 is 1.65. The molecule has 0 spiro atoms. The van der Waals surface area contributed by atoms with Crippen molar-refractivity contribution in [3.05, 3.63) is 74.4 Å². The predicted molar refractivity (Wildman–Crippen MR) is 122 cm³/mol. The van der Waals surface area contributed by atoms with Crippen molar-refractivity contribution in [1.29, 1.82) is 0 Å². The zero-order valence-corrected chi connectivity index (χ0v) is 18.1. The van der Waals surface area contributed by atoms with Gasteiger partial charge < -0.3 is 4.57 Å². The van der Waals surface area contributed by atoms with Crippen LogP contribution in [-0.4, -0.2) is 9.49 Å². The number of benzene rings is 2. The van der Waals surface area contributed by atoms with Gasteiger partial charge in [-0.3, -0.25) is 10.1 Å². The van der Waals surface area contributed by atoms with Gasteiger partial charge in [0.2, 0.25) is 0 Å². The Morgan fingerprint density at radius 1 is 1.03 bits per heavy atom. The molecule has 0 saturated heterocycles. The van der Waals surface area contributed by atoms with Crippen molar-refractivity contribution in [3.63, 3.8) is 0 Å². The standard InChI is InChI=1S/C24H27N3O2S/c1-2-18-9-13-20(14-10-18)25-24-26(21-7-5-3-4-6-8-21)23(17-30-24)19-11-15-22(16-12-19)27(28)29/h9-17,21H,2-8H2,1H3. The van der Waals surface area contributed by atoms with E-state index in [4.69, 9.17) is 4.99 Å². The molecule has 1 saturated carbocycles. The van der Waals surface area contributed by atoms with Gasteiger partial charge in [0.25, 0.3) is 5.69 Å². The van der Waals surface area contributed by atoms with E-state index >= 15 is 0 Å². The van der Waals surface area contributed by atoms with E-state index in [1.165, 1.54) is 31.2 Å². The first kappa shape index (κ1) is 20.5. The topological polar surface area (TPSA) is 60.4 Å². The van der Waals surface area contributed by atoms with Crippen LogP contribution in [0, 0.1) is 10.1 Å². The van der Waals surface area contributed by atoms with E-state index in [2.05, 4.69) is 41.1 Å². The Morgan fingerprint density at radius 3 is 2.30 bits per heavy atom. The molecule has 0 radical (unpaired) electrons. The molecule has 1 fully saturated rings. The van der Waals surface area contributed by atoms with Crippen molar-refractivity contribution in [1.82, 2.24) is 4.57 Å². The normalized spacial score (nSPS) is 15.8. The van der Waals surface area contributed by atoms with Gasteiger partial charge in [-0.05, 0) is 54.7 Å². The lowest BCUT2D eigenvalue weighted by Gasteiger charge is -2.20. The van der Waals surface area contributed by atoms with Gasteiger partial charge in [0, 0.05) is 23.6 Å². The van der Waals surface area contributed by atoms with Crippen LogP contribution in [0.3, 0.4) is 0 Å². The van der Waals surface area contributed by atoms with Gasteiger partial charge in [-0.15, -0.1) is 11.3 Å².